The van der Waals surface area contributed by atoms with Gasteiger partial charge in [0.2, 0.25) is 5.91 Å². The summed E-state index contributed by atoms with van der Waals surface area (Å²) in [6.45, 7) is 1.24. The minimum Gasteiger partial charge on any atom is -0.349 e. The molecule has 1 aliphatic rings. The summed E-state index contributed by atoms with van der Waals surface area (Å²) in [6.07, 6.45) is 7.55. The van der Waals surface area contributed by atoms with Gasteiger partial charge < -0.3 is 15.2 Å². The number of amides is 2. The zero-order valence-electron chi connectivity index (χ0n) is 16.8. The topological polar surface area (TPSA) is 119 Å². The molecule has 0 bridgehead atoms. The molecule has 160 valence electrons. The predicted molar refractivity (Wildman–Crippen MR) is 114 cm³/mol. The van der Waals surface area contributed by atoms with E-state index in [0.29, 0.717) is 18.7 Å². The van der Waals surface area contributed by atoms with E-state index in [-0.39, 0.29) is 17.2 Å². The number of nitro benzene ring substituents is 1. The number of aryl methyl sites for hydroxylation is 2. The number of nitrogens with zero attached hydrogens (tertiary/aromatic N) is 3. The number of nitro groups is 1. The van der Waals surface area contributed by atoms with Gasteiger partial charge in [0.05, 0.1) is 17.2 Å². The molecule has 2 heterocycles. The van der Waals surface area contributed by atoms with Crippen molar-refractivity contribution in [3.63, 3.8) is 0 Å². The molecule has 1 aliphatic heterocycles. The van der Waals surface area contributed by atoms with Crippen molar-refractivity contribution >= 4 is 29.3 Å². The van der Waals surface area contributed by atoms with Gasteiger partial charge in [-0.25, -0.2) is 4.98 Å². The lowest BCUT2D eigenvalue weighted by Crippen LogP contribution is -2.46. The second kappa shape index (κ2) is 10.2. The quantitative estimate of drug-likeness (QED) is 0.464. The van der Waals surface area contributed by atoms with Crippen molar-refractivity contribution in [2.75, 3.05) is 12.0 Å². The van der Waals surface area contributed by atoms with Crippen LogP contribution in [-0.4, -0.2) is 44.3 Å². The summed E-state index contributed by atoms with van der Waals surface area (Å²) < 4.78 is 2.13. The van der Waals surface area contributed by atoms with E-state index in [9.17, 15) is 19.7 Å². The lowest BCUT2D eigenvalue weighted by atomic mass is 10.1. The van der Waals surface area contributed by atoms with Crippen LogP contribution >= 0.6 is 11.8 Å². The Bertz CT molecular complexity index is 906. The SMILES string of the molecule is CSCCC(NC(=O)c1cccc([N+](=O)[O-])c1)C(=O)NCc1cn2c(n1)CCCC2. The van der Waals surface area contributed by atoms with Crippen LogP contribution in [0.25, 0.3) is 0 Å². The lowest BCUT2D eigenvalue weighted by Gasteiger charge is -2.18. The van der Waals surface area contributed by atoms with E-state index in [1.807, 2.05) is 12.5 Å². The number of thioether (sulfide) groups is 1. The van der Waals surface area contributed by atoms with Crippen LogP contribution < -0.4 is 10.6 Å². The number of carbonyl (C=O) groups excluding carboxylic acids is 2. The van der Waals surface area contributed by atoms with Crippen LogP contribution in [-0.2, 0) is 24.3 Å². The fourth-order valence-electron chi connectivity index (χ4n) is 3.36. The number of aromatic nitrogens is 2. The zero-order valence-corrected chi connectivity index (χ0v) is 17.6. The number of carbonyl (C=O) groups is 2. The first kappa shape index (κ1) is 21.8. The molecule has 0 aliphatic carbocycles. The number of imidazole rings is 1. The van der Waals surface area contributed by atoms with Gasteiger partial charge in [0.1, 0.15) is 11.9 Å². The molecule has 2 N–H and O–H groups in total. The molecule has 0 spiro atoms. The molecule has 0 radical (unpaired) electrons. The van der Waals surface area contributed by atoms with E-state index < -0.39 is 16.9 Å². The fourth-order valence-corrected chi connectivity index (χ4v) is 3.84. The van der Waals surface area contributed by atoms with Gasteiger partial charge in [-0.15, -0.1) is 0 Å². The van der Waals surface area contributed by atoms with Gasteiger partial charge >= 0.3 is 0 Å². The highest BCUT2D eigenvalue weighted by atomic mass is 32.2. The molecule has 3 rings (SSSR count). The number of hydrogen-bond donors (Lipinski definition) is 2. The number of fused-ring (bicyclic) bond motifs is 1. The molecule has 1 aromatic heterocycles. The minimum atomic E-state index is -0.735. The van der Waals surface area contributed by atoms with E-state index in [4.69, 9.17) is 0 Å². The standard InChI is InChI=1S/C20H25N5O4S/c1-30-10-8-17(23-19(26)14-5-4-6-16(11-14)25(28)29)20(27)21-12-15-13-24-9-3-2-7-18(24)22-15/h4-6,11,13,17H,2-3,7-10,12H2,1H3,(H,21,27)(H,23,26). The van der Waals surface area contributed by atoms with Gasteiger partial charge in [-0.05, 0) is 37.3 Å². The number of hydrogen-bond acceptors (Lipinski definition) is 6. The third-order valence-electron chi connectivity index (χ3n) is 4.95. The Morgan fingerprint density at radius 2 is 2.20 bits per heavy atom. The first-order chi connectivity index (χ1) is 14.5. The maximum Gasteiger partial charge on any atom is 0.270 e. The molecule has 2 aromatic rings. The molecular formula is C20H25N5O4S. The Balaban J connectivity index is 1.63. The van der Waals surface area contributed by atoms with E-state index in [0.717, 1.165) is 37.3 Å². The molecule has 1 atom stereocenters. The summed E-state index contributed by atoms with van der Waals surface area (Å²) in [5, 5.41) is 16.5. The van der Waals surface area contributed by atoms with Crippen molar-refractivity contribution in [1.29, 1.82) is 0 Å². The van der Waals surface area contributed by atoms with Crippen LogP contribution in [0.4, 0.5) is 5.69 Å². The lowest BCUT2D eigenvalue weighted by molar-refractivity contribution is -0.384. The average molecular weight is 432 g/mol. The summed E-state index contributed by atoms with van der Waals surface area (Å²) in [5.74, 6) is 0.918. The second-order valence-corrected chi connectivity index (χ2v) is 8.12. The molecule has 1 aromatic carbocycles. The zero-order chi connectivity index (χ0) is 21.5. The highest BCUT2D eigenvalue weighted by Gasteiger charge is 2.22. The average Bonchev–Trinajstić information content (AvgIpc) is 3.18. The normalized spacial score (nSPS) is 13.9. The van der Waals surface area contributed by atoms with Gasteiger partial charge in [0, 0.05) is 36.9 Å². The van der Waals surface area contributed by atoms with Crippen LogP contribution in [0.3, 0.4) is 0 Å². The predicted octanol–water partition coefficient (Wildman–Crippen LogP) is 2.30. The van der Waals surface area contributed by atoms with Crippen LogP contribution in [0.1, 0.15) is 41.1 Å². The van der Waals surface area contributed by atoms with E-state index in [2.05, 4.69) is 20.2 Å². The first-order valence-corrected chi connectivity index (χ1v) is 11.2. The molecular weight excluding hydrogens is 406 g/mol. The largest absolute Gasteiger partial charge is 0.349 e. The number of rotatable bonds is 9. The molecule has 10 heteroatoms. The van der Waals surface area contributed by atoms with Crippen molar-refractivity contribution in [2.24, 2.45) is 0 Å². The molecule has 1 unspecified atom stereocenters. The van der Waals surface area contributed by atoms with Gasteiger partial charge in [-0.2, -0.15) is 11.8 Å². The van der Waals surface area contributed by atoms with Gasteiger partial charge in [0.15, 0.2) is 0 Å². The molecule has 2 amide bonds. The Hall–Kier alpha value is -2.88. The van der Waals surface area contributed by atoms with Crippen molar-refractivity contribution in [2.45, 2.75) is 44.8 Å². The van der Waals surface area contributed by atoms with Crippen molar-refractivity contribution in [3.8, 4) is 0 Å². The van der Waals surface area contributed by atoms with Crippen LogP contribution in [0.15, 0.2) is 30.5 Å². The number of benzene rings is 1. The van der Waals surface area contributed by atoms with Gasteiger partial charge in [-0.1, -0.05) is 6.07 Å². The van der Waals surface area contributed by atoms with Crippen molar-refractivity contribution < 1.29 is 14.5 Å². The molecule has 30 heavy (non-hydrogen) atoms. The molecule has 9 nitrogen and oxygen atoms in total. The number of non-ortho nitro benzene ring substituents is 1. The monoisotopic (exact) mass is 431 g/mol. The van der Waals surface area contributed by atoms with E-state index >= 15 is 0 Å². The maximum absolute atomic E-state index is 12.7. The van der Waals surface area contributed by atoms with Crippen LogP contribution in [0, 0.1) is 10.1 Å². The fraction of sp³-hybridized carbons (Fsp3) is 0.450. The third kappa shape index (κ3) is 5.59. The summed E-state index contributed by atoms with van der Waals surface area (Å²) in [4.78, 5) is 40.3. The summed E-state index contributed by atoms with van der Waals surface area (Å²) in [6, 6.07) is 4.72. The first-order valence-electron chi connectivity index (χ1n) is 9.85. The maximum atomic E-state index is 12.7. The van der Waals surface area contributed by atoms with Gasteiger partial charge in [-0.3, -0.25) is 19.7 Å². The Morgan fingerprint density at radius 3 is 2.93 bits per heavy atom. The van der Waals surface area contributed by atoms with Crippen molar-refractivity contribution in [3.05, 3.63) is 57.7 Å². The van der Waals surface area contributed by atoms with E-state index in [1.54, 1.807) is 11.8 Å². The second-order valence-electron chi connectivity index (χ2n) is 7.13. The number of nitrogens with one attached hydrogen (secondary N) is 2. The van der Waals surface area contributed by atoms with Crippen LogP contribution in [0.2, 0.25) is 0 Å². The van der Waals surface area contributed by atoms with Crippen LogP contribution in [0.5, 0.6) is 0 Å². The summed E-state index contributed by atoms with van der Waals surface area (Å²) in [7, 11) is 0. The molecule has 0 saturated carbocycles. The third-order valence-corrected chi connectivity index (χ3v) is 5.60. The highest BCUT2D eigenvalue weighted by Crippen LogP contribution is 2.15. The molecule has 0 saturated heterocycles. The highest BCUT2D eigenvalue weighted by molar-refractivity contribution is 7.98. The Labute approximate surface area is 178 Å². The Morgan fingerprint density at radius 1 is 1.37 bits per heavy atom. The summed E-state index contributed by atoms with van der Waals surface area (Å²) >= 11 is 1.57. The minimum absolute atomic E-state index is 0.146. The Kier molecular flexibility index (Phi) is 7.45. The van der Waals surface area contributed by atoms with Crippen molar-refractivity contribution in [1.82, 2.24) is 20.2 Å². The van der Waals surface area contributed by atoms with E-state index in [1.165, 1.54) is 24.3 Å². The smallest absolute Gasteiger partial charge is 0.270 e. The summed E-state index contributed by atoms with van der Waals surface area (Å²) in [5.41, 5.74) is 0.776. The van der Waals surface area contributed by atoms with Gasteiger partial charge in [0.25, 0.3) is 11.6 Å². The molecule has 0 fully saturated rings.